The Morgan fingerprint density at radius 1 is 1.35 bits per heavy atom. The van der Waals surface area contributed by atoms with Crippen molar-refractivity contribution in [3.05, 3.63) is 0 Å². The van der Waals surface area contributed by atoms with Crippen LogP contribution in [0.4, 0.5) is 4.79 Å². The molecule has 1 atom stereocenters. The Kier molecular flexibility index (Phi) is 5.80. The van der Waals surface area contributed by atoms with Gasteiger partial charge in [-0.05, 0) is 40.0 Å². The largest absolute Gasteiger partial charge is 0.444 e. The zero-order chi connectivity index (χ0) is 15.3. The number of hydrogen-bond donors (Lipinski definition) is 0. The second-order valence-electron chi connectivity index (χ2n) is 6.08. The maximum absolute atomic E-state index is 12.1. The van der Waals surface area contributed by atoms with Crippen LogP contribution >= 0.6 is 0 Å². The number of rotatable bonds is 4. The normalized spacial score (nSPS) is 19.1. The lowest BCUT2D eigenvalue weighted by atomic mass is 10.1. The first-order valence-electron chi connectivity index (χ1n) is 7.05. The van der Waals surface area contributed by atoms with Crippen molar-refractivity contribution in [2.45, 2.75) is 58.1 Å². The average Bonchev–Trinajstić information content (AvgIpc) is 2.81. The number of carbonyl (C=O) groups is 2. The molecule has 0 saturated carbocycles. The van der Waals surface area contributed by atoms with Crippen LogP contribution in [0.5, 0.6) is 0 Å². The third-order valence-corrected chi connectivity index (χ3v) is 3.32. The summed E-state index contributed by atoms with van der Waals surface area (Å²) in [5.74, 6) is -0.0801. The molecule has 6 heteroatoms. The number of hydrogen-bond acceptors (Lipinski definition) is 4. The molecule has 0 unspecified atom stereocenters. The van der Waals surface area contributed by atoms with Crippen LogP contribution < -0.4 is 0 Å². The van der Waals surface area contributed by atoms with E-state index in [4.69, 9.17) is 9.57 Å². The molecule has 0 aromatic rings. The highest BCUT2D eigenvalue weighted by Crippen LogP contribution is 2.24. The lowest BCUT2D eigenvalue weighted by Crippen LogP contribution is -2.40. The van der Waals surface area contributed by atoms with Gasteiger partial charge >= 0.3 is 6.09 Å². The standard InChI is InChI=1S/C14H26N2O4/c1-14(2,3)20-13(18)16-10-6-7-11(16)8-9-12(17)15(4)19-5/h11H,6-10H2,1-5H3/t11-/m0/s1. The minimum atomic E-state index is -0.490. The van der Waals surface area contributed by atoms with Crippen LogP contribution in [0.1, 0.15) is 46.5 Å². The molecule has 20 heavy (non-hydrogen) atoms. The van der Waals surface area contributed by atoms with Gasteiger partial charge in [0.25, 0.3) is 0 Å². The number of carbonyl (C=O) groups excluding carboxylic acids is 2. The molecule has 1 saturated heterocycles. The third-order valence-electron chi connectivity index (χ3n) is 3.32. The van der Waals surface area contributed by atoms with E-state index in [0.29, 0.717) is 19.4 Å². The molecule has 1 aliphatic rings. The number of amides is 2. The summed E-state index contributed by atoms with van der Waals surface area (Å²) < 4.78 is 5.39. The summed E-state index contributed by atoms with van der Waals surface area (Å²) in [5.41, 5.74) is -0.490. The van der Waals surface area contributed by atoms with Crippen molar-refractivity contribution in [3.63, 3.8) is 0 Å². The van der Waals surface area contributed by atoms with Gasteiger partial charge in [0, 0.05) is 26.1 Å². The van der Waals surface area contributed by atoms with E-state index in [1.807, 2.05) is 20.8 Å². The van der Waals surface area contributed by atoms with Crippen LogP contribution in [-0.4, -0.2) is 54.3 Å². The van der Waals surface area contributed by atoms with Gasteiger partial charge in [-0.2, -0.15) is 0 Å². The number of nitrogens with zero attached hydrogens (tertiary/aromatic N) is 2. The molecule has 0 bridgehead atoms. The molecule has 0 aromatic heterocycles. The molecule has 0 N–H and O–H groups in total. The fraction of sp³-hybridized carbons (Fsp3) is 0.857. The molecule has 1 aliphatic heterocycles. The number of likely N-dealkylation sites (tertiary alicyclic amines) is 1. The Bertz CT molecular complexity index is 352. The lowest BCUT2D eigenvalue weighted by molar-refractivity contribution is -0.168. The summed E-state index contributed by atoms with van der Waals surface area (Å²) in [6.45, 7) is 6.26. The van der Waals surface area contributed by atoms with E-state index in [0.717, 1.165) is 12.8 Å². The van der Waals surface area contributed by atoms with Gasteiger partial charge in [-0.25, -0.2) is 9.86 Å². The van der Waals surface area contributed by atoms with Crippen LogP contribution in [0.2, 0.25) is 0 Å². The van der Waals surface area contributed by atoms with E-state index in [1.54, 1.807) is 11.9 Å². The molecular weight excluding hydrogens is 260 g/mol. The Labute approximate surface area is 121 Å². The van der Waals surface area contributed by atoms with E-state index in [1.165, 1.54) is 12.2 Å². The topological polar surface area (TPSA) is 59.1 Å². The first-order valence-corrected chi connectivity index (χ1v) is 7.05. The predicted octanol–water partition coefficient (Wildman–Crippen LogP) is 2.19. The van der Waals surface area contributed by atoms with Gasteiger partial charge in [0.2, 0.25) is 5.91 Å². The van der Waals surface area contributed by atoms with Crippen molar-refractivity contribution in [2.75, 3.05) is 20.7 Å². The van der Waals surface area contributed by atoms with Crippen molar-refractivity contribution in [1.29, 1.82) is 0 Å². The van der Waals surface area contributed by atoms with Gasteiger partial charge in [-0.3, -0.25) is 9.63 Å². The maximum Gasteiger partial charge on any atom is 0.410 e. The van der Waals surface area contributed by atoms with Crippen molar-refractivity contribution in [2.24, 2.45) is 0 Å². The summed E-state index contributed by atoms with van der Waals surface area (Å²) >= 11 is 0. The Balaban J connectivity index is 2.49. The number of hydroxylamine groups is 2. The zero-order valence-electron chi connectivity index (χ0n) is 13.1. The van der Waals surface area contributed by atoms with Gasteiger partial charge in [-0.15, -0.1) is 0 Å². The lowest BCUT2D eigenvalue weighted by Gasteiger charge is -2.28. The van der Waals surface area contributed by atoms with Crippen LogP contribution in [0.3, 0.4) is 0 Å². The van der Waals surface area contributed by atoms with E-state index >= 15 is 0 Å². The Morgan fingerprint density at radius 3 is 2.55 bits per heavy atom. The van der Waals surface area contributed by atoms with Crippen molar-refractivity contribution in [1.82, 2.24) is 9.96 Å². The second-order valence-corrected chi connectivity index (χ2v) is 6.08. The molecular formula is C14H26N2O4. The highest BCUT2D eigenvalue weighted by atomic mass is 16.7. The highest BCUT2D eigenvalue weighted by molar-refractivity contribution is 5.75. The fourth-order valence-corrected chi connectivity index (χ4v) is 2.25. The van der Waals surface area contributed by atoms with Gasteiger partial charge in [-0.1, -0.05) is 0 Å². The Hall–Kier alpha value is -1.30. The summed E-state index contributed by atoms with van der Waals surface area (Å²) in [7, 11) is 3.04. The maximum atomic E-state index is 12.1. The second kappa shape index (κ2) is 6.92. The van der Waals surface area contributed by atoms with Gasteiger partial charge < -0.3 is 9.64 Å². The monoisotopic (exact) mass is 286 g/mol. The molecule has 0 aliphatic carbocycles. The van der Waals surface area contributed by atoms with Gasteiger partial charge in [0.05, 0.1) is 7.11 Å². The van der Waals surface area contributed by atoms with E-state index in [-0.39, 0.29) is 18.0 Å². The first kappa shape index (κ1) is 16.8. The van der Waals surface area contributed by atoms with Gasteiger partial charge in [0.15, 0.2) is 0 Å². The first-order chi connectivity index (χ1) is 9.24. The van der Waals surface area contributed by atoms with Gasteiger partial charge in [0.1, 0.15) is 5.60 Å². The quantitative estimate of drug-likeness (QED) is 0.743. The molecule has 1 fully saturated rings. The molecule has 0 aromatic carbocycles. The van der Waals surface area contributed by atoms with Crippen LogP contribution in [0.25, 0.3) is 0 Å². The summed E-state index contributed by atoms with van der Waals surface area (Å²) in [6, 6.07) is 0.0825. The number of ether oxygens (including phenoxy) is 1. The van der Waals surface area contributed by atoms with Crippen LogP contribution in [0.15, 0.2) is 0 Å². The smallest absolute Gasteiger partial charge is 0.410 e. The van der Waals surface area contributed by atoms with Crippen molar-refractivity contribution in [3.8, 4) is 0 Å². The Morgan fingerprint density at radius 2 is 2.00 bits per heavy atom. The average molecular weight is 286 g/mol. The van der Waals surface area contributed by atoms with E-state index < -0.39 is 5.60 Å². The fourth-order valence-electron chi connectivity index (χ4n) is 2.25. The molecule has 0 spiro atoms. The van der Waals surface area contributed by atoms with E-state index in [2.05, 4.69) is 0 Å². The summed E-state index contributed by atoms with van der Waals surface area (Å²) in [6.07, 6.45) is 2.61. The molecule has 116 valence electrons. The zero-order valence-corrected chi connectivity index (χ0v) is 13.1. The minimum Gasteiger partial charge on any atom is -0.444 e. The molecule has 0 radical (unpaired) electrons. The molecule has 2 amide bonds. The van der Waals surface area contributed by atoms with Crippen LogP contribution in [0, 0.1) is 0 Å². The molecule has 6 nitrogen and oxygen atoms in total. The minimum absolute atomic E-state index is 0.0801. The van der Waals surface area contributed by atoms with Crippen molar-refractivity contribution < 1.29 is 19.2 Å². The summed E-state index contributed by atoms with van der Waals surface area (Å²) in [4.78, 5) is 30.4. The third kappa shape index (κ3) is 5.00. The molecule has 1 heterocycles. The SMILES string of the molecule is CON(C)C(=O)CC[C@@H]1CCCN1C(=O)OC(C)(C)C. The van der Waals surface area contributed by atoms with Crippen molar-refractivity contribution >= 4 is 12.0 Å². The van der Waals surface area contributed by atoms with E-state index in [9.17, 15) is 9.59 Å². The summed E-state index contributed by atoms with van der Waals surface area (Å²) in [5, 5.41) is 1.22. The highest BCUT2D eigenvalue weighted by Gasteiger charge is 2.32. The predicted molar refractivity (Wildman–Crippen MR) is 75.0 cm³/mol. The van der Waals surface area contributed by atoms with Crippen LogP contribution in [-0.2, 0) is 14.4 Å². The molecule has 1 rings (SSSR count).